The van der Waals surface area contributed by atoms with E-state index < -0.39 is 0 Å². The van der Waals surface area contributed by atoms with Crippen molar-refractivity contribution < 1.29 is 4.74 Å². The molecule has 20 heavy (non-hydrogen) atoms. The zero-order valence-electron chi connectivity index (χ0n) is 12.3. The van der Waals surface area contributed by atoms with Crippen molar-refractivity contribution in [2.75, 3.05) is 19.7 Å². The topological polar surface area (TPSA) is 59.6 Å². The van der Waals surface area contributed by atoms with Gasteiger partial charge < -0.3 is 15.8 Å². The van der Waals surface area contributed by atoms with Crippen LogP contribution in [-0.2, 0) is 11.3 Å². The number of rotatable bonds is 8. The van der Waals surface area contributed by atoms with Gasteiger partial charge in [-0.3, -0.25) is 4.99 Å². The third-order valence-corrected chi connectivity index (χ3v) is 2.64. The molecule has 1 aromatic rings. The Labute approximate surface area is 139 Å². The zero-order chi connectivity index (χ0) is 13.9. The van der Waals surface area contributed by atoms with E-state index in [4.69, 9.17) is 10.5 Å². The summed E-state index contributed by atoms with van der Waals surface area (Å²) in [5, 5.41) is 3.06. The van der Waals surface area contributed by atoms with Crippen molar-refractivity contribution in [1.82, 2.24) is 5.32 Å². The molecule has 0 spiro atoms. The second kappa shape index (κ2) is 12.0. The number of nitrogens with zero attached hydrogens (tertiary/aromatic N) is 1. The molecule has 0 aliphatic heterocycles. The molecule has 0 saturated heterocycles. The maximum atomic E-state index is 5.73. The van der Waals surface area contributed by atoms with Gasteiger partial charge in [0, 0.05) is 13.1 Å². The first kappa shape index (κ1) is 19.2. The number of nitrogens with one attached hydrogen (secondary N) is 1. The van der Waals surface area contributed by atoms with E-state index in [-0.39, 0.29) is 24.0 Å². The van der Waals surface area contributed by atoms with Crippen LogP contribution in [0.2, 0.25) is 0 Å². The van der Waals surface area contributed by atoms with Gasteiger partial charge in [-0.2, -0.15) is 0 Å². The van der Waals surface area contributed by atoms with E-state index in [1.807, 2.05) is 18.2 Å². The quantitative estimate of drug-likeness (QED) is 0.407. The predicted molar refractivity (Wildman–Crippen MR) is 95.5 cm³/mol. The van der Waals surface area contributed by atoms with Crippen LogP contribution in [0.5, 0.6) is 0 Å². The molecule has 4 nitrogen and oxygen atoms in total. The van der Waals surface area contributed by atoms with E-state index in [1.165, 1.54) is 5.56 Å². The SMILES string of the molecule is CCCNC(N)=NCC(C)COCc1ccccc1.I. The number of hydrogen-bond donors (Lipinski definition) is 2. The third kappa shape index (κ3) is 9.14. The largest absolute Gasteiger partial charge is 0.376 e. The van der Waals surface area contributed by atoms with Gasteiger partial charge in [0.2, 0.25) is 0 Å². The molecule has 0 aromatic heterocycles. The first-order valence-electron chi connectivity index (χ1n) is 6.87. The smallest absolute Gasteiger partial charge is 0.188 e. The lowest BCUT2D eigenvalue weighted by Crippen LogP contribution is -2.32. The van der Waals surface area contributed by atoms with Crippen molar-refractivity contribution in [3.63, 3.8) is 0 Å². The Morgan fingerprint density at radius 3 is 2.70 bits per heavy atom. The summed E-state index contributed by atoms with van der Waals surface area (Å²) in [6.45, 7) is 7.12. The maximum Gasteiger partial charge on any atom is 0.188 e. The molecule has 0 aliphatic rings. The van der Waals surface area contributed by atoms with E-state index >= 15 is 0 Å². The lowest BCUT2D eigenvalue weighted by molar-refractivity contribution is 0.0945. The standard InChI is InChI=1S/C15H25N3O.HI/c1-3-9-17-15(16)18-10-13(2)11-19-12-14-7-5-4-6-8-14;/h4-8,13H,3,9-12H2,1-2H3,(H3,16,17,18);1H. The number of halogens is 1. The normalized spacial score (nSPS) is 12.6. The minimum absolute atomic E-state index is 0. The van der Waals surface area contributed by atoms with Crippen LogP contribution in [-0.4, -0.2) is 25.7 Å². The number of guanidine groups is 1. The molecule has 0 radical (unpaired) electrons. The minimum atomic E-state index is 0. The maximum absolute atomic E-state index is 5.73. The molecular formula is C15H26IN3O. The summed E-state index contributed by atoms with van der Waals surface area (Å²) in [6.07, 6.45) is 1.05. The fourth-order valence-electron chi connectivity index (χ4n) is 1.57. The highest BCUT2D eigenvalue weighted by molar-refractivity contribution is 14.0. The predicted octanol–water partition coefficient (Wildman–Crippen LogP) is 2.77. The van der Waals surface area contributed by atoms with Crippen LogP contribution < -0.4 is 11.1 Å². The molecule has 0 fully saturated rings. The summed E-state index contributed by atoms with van der Waals surface area (Å²) in [5.41, 5.74) is 6.92. The molecule has 1 unspecified atom stereocenters. The van der Waals surface area contributed by atoms with Crippen LogP contribution in [0.4, 0.5) is 0 Å². The second-order valence-electron chi connectivity index (χ2n) is 4.76. The van der Waals surface area contributed by atoms with E-state index in [2.05, 4.69) is 36.3 Å². The Kier molecular flexibility index (Phi) is 11.5. The fraction of sp³-hybridized carbons (Fsp3) is 0.533. The Balaban J connectivity index is 0.00000361. The highest BCUT2D eigenvalue weighted by Gasteiger charge is 2.02. The monoisotopic (exact) mass is 391 g/mol. The Morgan fingerprint density at radius 1 is 1.35 bits per heavy atom. The lowest BCUT2D eigenvalue weighted by Gasteiger charge is -2.10. The number of nitrogens with two attached hydrogens (primary N) is 1. The average molecular weight is 391 g/mol. The van der Waals surface area contributed by atoms with Crippen molar-refractivity contribution in [3.8, 4) is 0 Å². The molecule has 0 aliphatic carbocycles. The van der Waals surface area contributed by atoms with Crippen molar-refractivity contribution in [1.29, 1.82) is 0 Å². The summed E-state index contributed by atoms with van der Waals surface area (Å²) in [7, 11) is 0. The third-order valence-electron chi connectivity index (χ3n) is 2.64. The van der Waals surface area contributed by atoms with Crippen LogP contribution in [0, 0.1) is 5.92 Å². The van der Waals surface area contributed by atoms with E-state index in [1.54, 1.807) is 0 Å². The van der Waals surface area contributed by atoms with Crippen molar-refractivity contribution in [2.24, 2.45) is 16.6 Å². The number of ether oxygens (including phenoxy) is 1. The second-order valence-corrected chi connectivity index (χ2v) is 4.76. The summed E-state index contributed by atoms with van der Waals surface area (Å²) < 4.78 is 5.66. The Bertz CT molecular complexity index is 371. The van der Waals surface area contributed by atoms with Crippen molar-refractivity contribution >= 4 is 29.9 Å². The molecule has 0 bridgehead atoms. The van der Waals surface area contributed by atoms with Crippen LogP contribution in [0.15, 0.2) is 35.3 Å². The minimum Gasteiger partial charge on any atom is -0.376 e. The molecule has 0 saturated carbocycles. The first-order chi connectivity index (χ1) is 9.22. The van der Waals surface area contributed by atoms with E-state index in [0.717, 1.165) is 13.0 Å². The van der Waals surface area contributed by atoms with Crippen LogP contribution in [0.25, 0.3) is 0 Å². The van der Waals surface area contributed by atoms with E-state index in [9.17, 15) is 0 Å². The van der Waals surface area contributed by atoms with Gasteiger partial charge in [-0.1, -0.05) is 44.2 Å². The van der Waals surface area contributed by atoms with Gasteiger partial charge in [0.1, 0.15) is 0 Å². The Hall–Kier alpha value is -0.820. The fourth-order valence-corrected chi connectivity index (χ4v) is 1.57. The van der Waals surface area contributed by atoms with Crippen molar-refractivity contribution in [2.45, 2.75) is 26.9 Å². The molecule has 5 heteroatoms. The number of benzene rings is 1. The van der Waals surface area contributed by atoms with Gasteiger partial charge in [0.15, 0.2) is 5.96 Å². The summed E-state index contributed by atoms with van der Waals surface area (Å²) in [4.78, 5) is 4.29. The average Bonchev–Trinajstić information content (AvgIpc) is 2.44. The zero-order valence-corrected chi connectivity index (χ0v) is 14.7. The molecule has 3 N–H and O–H groups in total. The molecule has 0 amide bonds. The molecule has 114 valence electrons. The van der Waals surface area contributed by atoms with Crippen LogP contribution in [0.1, 0.15) is 25.8 Å². The van der Waals surface area contributed by atoms with Gasteiger partial charge in [-0.05, 0) is 17.9 Å². The molecule has 1 aromatic carbocycles. The van der Waals surface area contributed by atoms with Gasteiger partial charge >= 0.3 is 0 Å². The molecular weight excluding hydrogens is 365 g/mol. The number of aliphatic imine (C=N–C) groups is 1. The molecule has 1 rings (SSSR count). The van der Waals surface area contributed by atoms with Gasteiger partial charge in [0.05, 0.1) is 13.2 Å². The van der Waals surface area contributed by atoms with Crippen molar-refractivity contribution in [3.05, 3.63) is 35.9 Å². The highest BCUT2D eigenvalue weighted by atomic mass is 127. The lowest BCUT2D eigenvalue weighted by atomic mass is 10.2. The van der Waals surface area contributed by atoms with E-state index in [0.29, 0.717) is 31.6 Å². The van der Waals surface area contributed by atoms with Gasteiger partial charge in [0.25, 0.3) is 0 Å². The van der Waals surface area contributed by atoms with Gasteiger partial charge in [-0.15, -0.1) is 24.0 Å². The summed E-state index contributed by atoms with van der Waals surface area (Å²) in [6, 6.07) is 10.2. The number of hydrogen-bond acceptors (Lipinski definition) is 2. The highest BCUT2D eigenvalue weighted by Crippen LogP contribution is 2.03. The van der Waals surface area contributed by atoms with Gasteiger partial charge in [-0.25, -0.2) is 0 Å². The molecule has 0 heterocycles. The molecule has 1 atom stereocenters. The summed E-state index contributed by atoms with van der Waals surface area (Å²) >= 11 is 0. The summed E-state index contributed by atoms with van der Waals surface area (Å²) in [5.74, 6) is 0.891. The van der Waals surface area contributed by atoms with Crippen LogP contribution in [0.3, 0.4) is 0 Å². The van der Waals surface area contributed by atoms with Crippen LogP contribution >= 0.6 is 24.0 Å². The first-order valence-corrected chi connectivity index (χ1v) is 6.87. The Morgan fingerprint density at radius 2 is 2.05 bits per heavy atom.